The summed E-state index contributed by atoms with van der Waals surface area (Å²) in [7, 11) is 0. The Balaban J connectivity index is 2.04. The smallest absolute Gasteiger partial charge is 0.257 e. The number of nitriles is 2. The summed E-state index contributed by atoms with van der Waals surface area (Å²) >= 11 is 5.86. The van der Waals surface area contributed by atoms with Crippen LogP contribution in [0, 0.1) is 22.7 Å². The van der Waals surface area contributed by atoms with E-state index in [0.717, 1.165) is 0 Å². The van der Waals surface area contributed by atoms with Gasteiger partial charge in [-0.05, 0) is 36.4 Å². The van der Waals surface area contributed by atoms with Crippen LogP contribution in [0.15, 0.2) is 48.5 Å². The molecular formula is C21H20ClN5O2. The molecule has 0 aromatic heterocycles. The number of halogens is 1. The minimum atomic E-state index is -0.325. The largest absolute Gasteiger partial charge is 0.376 e. The third kappa shape index (κ3) is 6.84. The van der Waals surface area contributed by atoms with Crippen LogP contribution in [-0.2, 0) is 4.79 Å². The molecule has 2 aromatic rings. The Bertz CT molecular complexity index is 913. The first-order chi connectivity index (χ1) is 14.0. The average Bonchev–Trinajstić information content (AvgIpc) is 2.74. The van der Waals surface area contributed by atoms with Crippen LogP contribution in [0.5, 0.6) is 0 Å². The first kappa shape index (κ1) is 21.7. The number of hydrogen-bond acceptors (Lipinski definition) is 5. The van der Waals surface area contributed by atoms with Crippen LogP contribution in [-0.4, -0.2) is 36.3 Å². The Morgan fingerprint density at radius 1 is 0.966 bits per heavy atom. The first-order valence-corrected chi connectivity index (χ1v) is 9.34. The van der Waals surface area contributed by atoms with E-state index in [2.05, 4.69) is 10.6 Å². The van der Waals surface area contributed by atoms with Gasteiger partial charge in [-0.1, -0.05) is 23.7 Å². The van der Waals surface area contributed by atoms with Gasteiger partial charge in [-0.2, -0.15) is 10.5 Å². The number of hydrogen-bond donors (Lipinski definition) is 2. The molecule has 0 aliphatic carbocycles. The summed E-state index contributed by atoms with van der Waals surface area (Å²) in [6.45, 7) is 0.469. The van der Waals surface area contributed by atoms with Crippen molar-refractivity contribution in [3.05, 3.63) is 59.1 Å². The van der Waals surface area contributed by atoms with E-state index in [1.54, 1.807) is 48.5 Å². The molecule has 2 amide bonds. The molecule has 8 heteroatoms. The van der Waals surface area contributed by atoms with Gasteiger partial charge in [0.1, 0.15) is 0 Å². The Morgan fingerprint density at radius 3 is 2.21 bits per heavy atom. The lowest BCUT2D eigenvalue weighted by atomic mass is 10.1. The molecule has 0 spiro atoms. The summed E-state index contributed by atoms with van der Waals surface area (Å²) in [6, 6.07) is 17.6. The molecular weight excluding hydrogens is 390 g/mol. The van der Waals surface area contributed by atoms with Crippen LogP contribution in [0.2, 0.25) is 5.02 Å². The van der Waals surface area contributed by atoms with Gasteiger partial charge in [0.2, 0.25) is 5.91 Å². The minimum absolute atomic E-state index is 0.0535. The van der Waals surface area contributed by atoms with E-state index in [1.165, 1.54) is 4.90 Å². The van der Waals surface area contributed by atoms with E-state index < -0.39 is 0 Å². The SMILES string of the molecule is N#CCCN(CCC#N)C(=O)CNc1ccccc1C(=O)Nc1ccc(Cl)cc1. The maximum atomic E-state index is 12.6. The normalized spacial score (nSPS) is 9.76. The fourth-order valence-electron chi connectivity index (χ4n) is 2.58. The van der Waals surface area contributed by atoms with Crippen molar-refractivity contribution in [2.24, 2.45) is 0 Å². The van der Waals surface area contributed by atoms with Crippen LogP contribution < -0.4 is 10.6 Å². The quantitative estimate of drug-likeness (QED) is 0.656. The molecule has 0 saturated heterocycles. The number of benzene rings is 2. The van der Waals surface area contributed by atoms with Crippen molar-refractivity contribution in [1.29, 1.82) is 10.5 Å². The van der Waals surface area contributed by atoms with Gasteiger partial charge in [0.25, 0.3) is 5.91 Å². The van der Waals surface area contributed by atoms with E-state index in [9.17, 15) is 9.59 Å². The van der Waals surface area contributed by atoms with Crippen molar-refractivity contribution >= 4 is 34.8 Å². The second-order valence-electron chi connectivity index (χ2n) is 6.06. The summed E-state index contributed by atoms with van der Waals surface area (Å²) in [6.07, 6.45) is 0.383. The zero-order chi connectivity index (χ0) is 21.1. The van der Waals surface area contributed by atoms with Gasteiger partial charge in [0.15, 0.2) is 0 Å². The molecule has 0 radical (unpaired) electrons. The fraction of sp³-hybridized carbons (Fsp3) is 0.238. The van der Waals surface area contributed by atoms with Crippen molar-refractivity contribution in [1.82, 2.24) is 4.90 Å². The Hall–Kier alpha value is -3.55. The van der Waals surface area contributed by atoms with E-state index in [4.69, 9.17) is 22.1 Å². The Labute approximate surface area is 174 Å². The number of anilines is 2. The summed E-state index contributed by atoms with van der Waals surface area (Å²) < 4.78 is 0. The Morgan fingerprint density at radius 2 is 1.59 bits per heavy atom. The zero-order valence-corrected chi connectivity index (χ0v) is 16.4. The number of carbonyl (C=O) groups is 2. The van der Waals surface area contributed by atoms with Crippen LogP contribution >= 0.6 is 11.6 Å². The van der Waals surface area contributed by atoms with E-state index in [-0.39, 0.29) is 44.3 Å². The second kappa shape index (κ2) is 11.3. The molecule has 0 heterocycles. The van der Waals surface area contributed by atoms with Gasteiger partial charge in [-0.25, -0.2) is 0 Å². The maximum absolute atomic E-state index is 12.6. The molecule has 0 fully saturated rings. The van der Waals surface area contributed by atoms with Crippen LogP contribution in [0.1, 0.15) is 23.2 Å². The van der Waals surface area contributed by atoms with E-state index in [0.29, 0.717) is 22.0 Å². The highest BCUT2D eigenvalue weighted by Crippen LogP contribution is 2.19. The van der Waals surface area contributed by atoms with E-state index in [1.807, 2.05) is 12.1 Å². The molecule has 7 nitrogen and oxygen atoms in total. The lowest BCUT2D eigenvalue weighted by Gasteiger charge is -2.21. The van der Waals surface area contributed by atoms with Gasteiger partial charge in [0.05, 0.1) is 37.1 Å². The van der Waals surface area contributed by atoms with Crippen molar-refractivity contribution in [2.75, 3.05) is 30.3 Å². The maximum Gasteiger partial charge on any atom is 0.257 e. The van der Waals surface area contributed by atoms with Crippen molar-refractivity contribution in [3.63, 3.8) is 0 Å². The third-order valence-corrected chi connectivity index (χ3v) is 4.30. The average molecular weight is 410 g/mol. The monoisotopic (exact) mass is 409 g/mol. The standard InChI is InChI=1S/C21H20ClN5O2/c22-16-7-9-17(10-8-16)26-21(29)18-5-1-2-6-19(18)25-15-20(28)27(13-3-11-23)14-4-12-24/h1-2,5-10,25H,3-4,13-15H2,(H,26,29). The molecule has 2 N–H and O–H groups in total. The predicted octanol–water partition coefficient (Wildman–Crippen LogP) is 3.66. The highest BCUT2D eigenvalue weighted by Gasteiger charge is 2.15. The van der Waals surface area contributed by atoms with Crippen LogP contribution in [0.25, 0.3) is 0 Å². The van der Waals surface area contributed by atoms with Crippen molar-refractivity contribution < 1.29 is 9.59 Å². The second-order valence-corrected chi connectivity index (χ2v) is 6.49. The molecule has 0 bridgehead atoms. The van der Waals surface area contributed by atoms with Crippen molar-refractivity contribution in [2.45, 2.75) is 12.8 Å². The predicted molar refractivity (Wildman–Crippen MR) is 111 cm³/mol. The highest BCUT2D eigenvalue weighted by molar-refractivity contribution is 6.30. The lowest BCUT2D eigenvalue weighted by Crippen LogP contribution is -2.37. The fourth-order valence-corrected chi connectivity index (χ4v) is 2.71. The van der Waals surface area contributed by atoms with Crippen molar-refractivity contribution in [3.8, 4) is 12.1 Å². The number of para-hydroxylation sites is 1. The molecule has 148 valence electrons. The van der Waals surface area contributed by atoms with Gasteiger partial charge in [0, 0.05) is 29.5 Å². The number of nitrogens with zero attached hydrogens (tertiary/aromatic N) is 3. The summed E-state index contributed by atoms with van der Waals surface area (Å²) in [5, 5.41) is 23.8. The van der Waals surface area contributed by atoms with Gasteiger partial charge in [-0.15, -0.1) is 0 Å². The third-order valence-electron chi connectivity index (χ3n) is 4.04. The van der Waals surface area contributed by atoms with E-state index >= 15 is 0 Å². The Kier molecular flexibility index (Phi) is 8.50. The molecule has 0 unspecified atom stereocenters. The van der Waals surface area contributed by atoms with Gasteiger partial charge >= 0.3 is 0 Å². The molecule has 0 aliphatic heterocycles. The van der Waals surface area contributed by atoms with Crippen LogP contribution in [0.3, 0.4) is 0 Å². The topological polar surface area (TPSA) is 109 Å². The van der Waals surface area contributed by atoms with Crippen LogP contribution in [0.4, 0.5) is 11.4 Å². The summed E-state index contributed by atoms with van der Waals surface area (Å²) in [5.41, 5.74) is 1.49. The number of nitrogens with one attached hydrogen (secondary N) is 2. The molecule has 0 aliphatic rings. The zero-order valence-electron chi connectivity index (χ0n) is 15.7. The first-order valence-electron chi connectivity index (χ1n) is 8.96. The minimum Gasteiger partial charge on any atom is -0.376 e. The highest BCUT2D eigenvalue weighted by atomic mass is 35.5. The van der Waals surface area contributed by atoms with Gasteiger partial charge < -0.3 is 15.5 Å². The molecule has 2 aromatic carbocycles. The molecule has 2 rings (SSSR count). The van der Waals surface area contributed by atoms with Gasteiger partial charge in [-0.3, -0.25) is 9.59 Å². The number of rotatable bonds is 9. The molecule has 0 saturated carbocycles. The number of carbonyl (C=O) groups excluding carboxylic acids is 2. The number of amides is 2. The molecule has 29 heavy (non-hydrogen) atoms. The lowest BCUT2D eigenvalue weighted by molar-refractivity contribution is -0.129. The summed E-state index contributed by atoms with van der Waals surface area (Å²) in [5.74, 6) is -0.572. The summed E-state index contributed by atoms with van der Waals surface area (Å²) in [4.78, 5) is 26.6. The molecule has 0 atom stereocenters.